The van der Waals surface area contributed by atoms with Crippen molar-refractivity contribution in [2.45, 2.75) is 13.2 Å². The molecule has 3 amide bonds. The molecule has 0 spiro atoms. The molecule has 1 N–H and O–H groups in total. The number of hydrogen-bond acceptors (Lipinski definition) is 3. The van der Waals surface area contributed by atoms with Gasteiger partial charge in [-0.15, -0.1) is 0 Å². The minimum atomic E-state index is -0.412. The number of benzene rings is 4. The van der Waals surface area contributed by atoms with Crippen LogP contribution in [0, 0.1) is 7.14 Å². The van der Waals surface area contributed by atoms with Crippen LogP contribution in [0.15, 0.2) is 90.6 Å². The fraction of sp³-hybridized carbons (Fsp3) is 0.0714. The molecule has 5 rings (SSSR count). The van der Waals surface area contributed by atoms with Gasteiger partial charge in [0, 0.05) is 0 Å². The van der Waals surface area contributed by atoms with E-state index >= 15 is 0 Å². The van der Waals surface area contributed by atoms with Crippen molar-refractivity contribution in [1.82, 2.24) is 10.2 Å². The van der Waals surface area contributed by atoms with Crippen LogP contribution < -0.4 is 10.1 Å². The number of nitrogens with zero attached hydrogens (tertiary/aromatic N) is 1. The molecule has 4 aromatic rings. The molecule has 1 saturated heterocycles. The zero-order valence-electron chi connectivity index (χ0n) is 18.5. The standard InChI is InChI=1S/C28H20I2N2O3/c29-23-13-20(15-25-27(33)32(28(34)31-25)16-18-6-2-1-3-7-18)14-24(30)26(23)35-17-19-10-11-21-8-4-5-9-22(21)12-19/h1-15H,16-17H2,(H,31,34)/b25-15+. The number of amides is 3. The van der Waals surface area contributed by atoms with Gasteiger partial charge < -0.3 is 10.1 Å². The predicted octanol–water partition coefficient (Wildman–Crippen LogP) is 6.72. The molecular weight excluding hydrogens is 666 g/mol. The largest absolute Gasteiger partial charge is 0.487 e. The summed E-state index contributed by atoms with van der Waals surface area (Å²) in [4.78, 5) is 26.5. The van der Waals surface area contributed by atoms with Crippen LogP contribution in [0.3, 0.4) is 0 Å². The fourth-order valence-corrected chi connectivity index (χ4v) is 6.06. The Morgan fingerprint density at radius 2 is 1.49 bits per heavy atom. The van der Waals surface area contributed by atoms with Gasteiger partial charge in [-0.3, -0.25) is 9.69 Å². The number of carbonyl (C=O) groups excluding carboxylic acids is 2. The van der Waals surface area contributed by atoms with Gasteiger partial charge in [0.2, 0.25) is 0 Å². The van der Waals surface area contributed by atoms with Crippen molar-refractivity contribution in [2.24, 2.45) is 0 Å². The molecule has 0 bridgehead atoms. The number of nitrogens with one attached hydrogen (secondary N) is 1. The lowest BCUT2D eigenvalue weighted by molar-refractivity contribution is -0.123. The van der Waals surface area contributed by atoms with Gasteiger partial charge in [-0.25, -0.2) is 4.79 Å². The maximum Gasteiger partial charge on any atom is 0.329 e. The molecule has 0 saturated carbocycles. The third kappa shape index (κ3) is 5.35. The van der Waals surface area contributed by atoms with E-state index in [-0.39, 0.29) is 18.1 Å². The Kier molecular flexibility index (Phi) is 7.05. The molecule has 174 valence electrons. The lowest BCUT2D eigenvalue weighted by atomic mass is 10.1. The van der Waals surface area contributed by atoms with Gasteiger partial charge in [-0.2, -0.15) is 0 Å². The van der Waals surface area contributed by atoms with Gasteiger partial charge in [0.1, 0.15) is 18.1 Å². The minimum Gasteiger partial charge on any atom is -0.487 e. The van der Waals surface area contributed by atoms with E-state index < -0.39 is 6.03 Å². The molecule has 0 aromatic heterocycles. The molecule has 0 atom stereocenters. The molecule has 1 fully saturated rings. The van der Waals surface area contributed by atoms with Crippen molar-refractivity contribution in [3.63, 3.8) is 0 Å². The van der Waals surface area contributed by atoms with Crippen molar-refractivity contribution < 1.29 is 14.3 Å². The highest BCUT2D eigenvalue weighted by Crippen LogP contribution is 2.31. The molecule has 0 radical (unpaired) electrons. The lowest BCUT2D eigenvalue weighted by Crippen LogP contribution is -2.30. The highest BCUT2D eigenvalue weighted by atomic mass is 127. The van der Waals surface area contributed by atoms with Crippen LogP contribution in [0.5, 0.6) is 5.75 Å². The Balaban J connectivity index is 1.31. The second-order valence-corrected chi connectivity index (χ2v) is 10.5. The van der Waals surface area contributed by atoms with E-state index in [0.717, 1.165) is 29.6 Å². The number of halogens is 2. The first-order chi connectivity index (χ1) is 17.0. The smallest absolute Gasteiger partial charge is 0.329 e. The van der Waals surface area contributed by atoms with Gasteiger partial charge in [0.05, 0.1) is 13.7 Å². The third-order valence-corrected chi connectivity index (χ3v) is 7.28. The van der Waals surface area contributed by atoms with Crippen LogP contribution in [-0.4, -0.2) is 16.8 Å². The first-order valence-corrected chi connectivity index (χ1v) is 13.1. The number of urea groups is 1. The number of fused-ring (bicyclic) bond motifs is 1. The van der Waals surface area contributed by atoms with Crippen molar-refractivity contribution in [3.05, 3.63) is 114 Å². The average molecular weight is 686 g/mol. The third-order valence-electron chi connectivity index (χ3n) is 5.67. The highest BCUT2D eigenvalue weighted by Gasteiger charge is 2.33. The van der Waals surface area contributed by atoms with E-state index in [2.05, 4.69) is 80.8 Å². The van der Waals surface area contributed by atoms with Crippen LogP contribution >= 0.6 is 45.2 Å². The number of carbonyl (C=O) groups is 2. The summed E-state index contributed by atoms with van der Waals surface area (Å²) >= 11 is 4.48. The zero-order chi connectivity index (χ0) is 24.4. The summed E-state index contributed by atoms with van der Waals surface area (Å²) in [5, 5.41) is 5.09. The van der Waals surface area contributed by atoms with E-state index in [4.69, 9.17) is 4.74 Å². The minimum absolute atomic E-state index is 0.236. The van der Waals surface area contributed by atoms with Crippen LogP contribution in [0.25, 0.3) is 16.8 Å². The molecule has 1 aliphatic rings. The Morgan fingerprint density at radius 3 is 2.23 bits per heavy atom. The first kappa shape index (κ1) is 23.8. The summed E-state index contributed by atoms with van der Waals surface area (Å²) in [5.41, 5.74) is 3.08. The van der Waals surface area contributed by atoms with E-state index in [0.29, 0.717) is 6.61 Å². The summed E-state index contributed by atoms with van der Waals surface area (Å²) < 4.78 is 8.03. The van der Waals surface area contributed by atoms with Crippen LogP contribution in [0.4, 0.5) is 4.79 Å². The second-order valence-electron chi connectivity index (χ2n) is 8.15. The van der Waals surface area contributed by atoms with Crippen molar-refractivity contribution in [2.75, 3.05) is 0 Å². The van der Waals surface area contributed by atoms with Gasteiger partial charge in [-0.05, 0) is 96.9 Å². The monoisotopic (exact) mass is 686 g/mol. The maximum absolute atomic E-state index is 12.9. The van der Waals surface area contributed by atoms with E-state index in [1.54, 1.807) is 6.08 Å². The van der Waals surface area contributed by atoms with Gasteiger partial charge >= 0.3 is 6.03 Å². The molecular formula is C28H20I2N2O3. The summed E-state index contributed by atoms with van der Waals surface area (Å²) in [6, 6.07) is 27.5. The number of rotatable bonds is 6. The molecule has 0 aliphatic carbocycles. The first-order valence-electron chi connectivity index (χ1n) is 11.0. The zero-order valence-corrected chi connectivity index (χ0v) is 22.8. The number of ether oxygens (including phenoxy) is 1. The molecule has 1 heterocycles. The fourth-order valence-electron chi connectivity index (χ4n) is 3.93. The Hall–Kier alpha value is -2.92. The van der Waals surface area contributed by atoms with Crippen LogP contribution in [0.1, 0.15) is 16.7 Å². The summed E-state index contributed by atoms with van der Waals surface area (Å²) in [6.45, 7) is 0.694. The van der Waals surface area contributed by atoms with Crippen molar-refractivity contribution in [3.8, 4) is 5.75 Å². The molecule has 4 aromatic carbocycles. The van der Waals surface area contributed by atoms with Crippen LogP contribution in [0.2, 0.25) is 0 Å². The molecule has 5 nitrogen and oxygen atoms in total. The second kappa shape index (κ2) is 10.4. The molecule has 1 aliphatic heterocycles. The van der Waals surface area contributed by atoms with Crippen LogP contribution in [-0.2, 0) is 17.9 Å². The predicted molar refractivity (Wildman–Crippen MR) is 154 cm³/mol. The highest BCUT2D eigenvalue weighted by molar-refractivity contribution is 14.1. The Bertz CT molecular complexity index is 1440. The van der Waals surface area contributed by atoms with Crippen molar-refractivity contribution >= 4 is 74.0 Å². The Labute approximate surface area is 230 Å². The summed E-state index contributed by atoms with van der Waals surface area (Å²) in [5.74, 6) is 0.467. The van der Waals surface area contributed by atoms with E-state index in [1.807, 2.05) is 54.6 Å². The number of hydrogen-bond donors (Lipinski definition) is 1. The Morgan fingerprint density at radius 1 is 0.800 bits per heavy atom. The normalized spacial score (nSPS) is 14.6. The number of imide groups is 1. The van der Waals surface area contributed by atoms with Gasteiger partial charge in [-0.1, -0.05) is 66.7 Å². The van der Waals surface area contributed by atoms with Gasteiger partial charge in [0.15, 0.2) is 0 Å². The van der Waals surface area contributed by atoms with E-state index in [1.165, 1.54) is 15.7 Å². The average Bonchev–Trinajstić information content (AvgIpc) is 3.11. The molecule has 7 heteroatoms. The maximum atomic E-state index is 12.9. The van der Waals surface area contributed by atoms with E-state index in [9.17, 15) is 9.59 Å². The SMILES string of the molecule is O=C1N/C(=C/c2cc(I)c(OCc3ccc4ccccc4c3)c(I)c2)C(=O)N1Cc1ccccc1. The topological polar surface area (TPSA) is 58.6 Å². The molecule has 0 unspecified atom stereocenters. The quantitative estimate of drug-likeness (QED) is 0.139. The molecule has 35 heavy (non-hydrogen) atoms. The van der Waals surface area contributed by atoms with Crippen molar-refractivity contribution in [1.29, 1.82) is 0 Å². The lowest BCUT2D eigenvalue weighted by Gasteiger charge is -2.12. The summed E-state index contributed by atoms with van der Waals surface area (Å²) in [7, 11) is 0. The summed E-state index contributed by atoms with van der Waals surface area (Å²) in [6.07, 6.45) is 1.71. The van der Waals surface area contributed by atoms with Gasteiger partial charge in [0.25, 0.3) is 5.91 Å².